The second-order valence-corrected chi connectivity index (χ2v) is 8.48. The van der Waals surface area contributed by atoms with Gasteiger partial charge in [0.25, 0.3) is 10.1 Å². The Morgan fingerprint density at radius 2 is 1.56 bits per heavy atom. The highest BCUT2D eigenvalue weighted by Crippen LogP contribution is 2.37. The van der Waals surface area contributed by atoms with Gasteiger partial charge in [-0.15, -0.1) is 0 Å². The fourth-order valence-corrected chi connectivity index (χ4v) is 3.67. The van der Waals surface area contributed by atoms with E-state index in [0.717, 1.165) is 0 Å². The average molecular weight is 278 g/mol. The van der Waals surface area contributed by atoms with Crippen molar-refractivity contribution in [3.8, 4) is 0 Å². The van der Waals surface area contributed by atoms with E-state index >= 15 is 0 Å². The van der Waals surface area contributed by atoms with Crippen LogP contribution in [-0.4, -0.2) is 24.5 Å². The fourth-order valence-electron chi connectivity index (χ4n) is 2.58. The smallest absolute Gasteiger partial charge is 0.265 e. The number of carbonyl (C=O) groups is 1. The zero-order valence-corrected chi connectivity index (χ0v) is 13.1. The van der Waals surface area contributed by atoms with E-state index in [0.29, 0.717) is 12.8 Å². The van der Waals surface area contributed by atoms with Gasteiger partial charge in [-0.2, -0.15) is 8.42 Å². The standard InChI is InChI=1S/C13H26O4S/c1-10(2)11(14)7-12(3,4)8-13(5,6)9-18(15,16)17/h10H,7-9H2,1-6H3,(H,15,16,17). The highest BCUT2D eigenvalue weighted by molar-refractivity contribution is 7.85. The zero-order valence-electron chi connectivity index (χ0n) is 12.3. The van der Waals surface area contributed by atoms with Crippen LogP contribution in [0.15, 0.2) is 0 Å². The number of hydrogen-bond acceptors (Lipinski definition) is 3. The first-order chi connectivity index (χ1) is 7.74. The van der Waals surface area contributed by atoms with E-state index in [1.807, 2.05) is 27.7 Å². The summed E-state index contributed by atoms with van der Waals surface area (Å²) in [4.78, 5) is 11.8. The molecule has 108 valence electrons. The quantitative estimate of drug-likeness (QED) is 0.727. The third-order valence-electron chi connectivity index (χ3n) is 2.83. The van der Waals surface area contributed by atoms with Crippen molar-refractivity contribution in [1.29, 1.82) is 0 Å². The van der Waals surface area contributed by atoms with Crippen LogP contribution < -0.4 is 0 Å². The second kappa shape index (κ2) is 5.70. The predicted octanol–water partition coefficient (Wildman–Crippen LogP) is 2.93. The molecule has 0 fully saturated rings. The molecule has 0 radical (unpaired) electrons. The number of hydrogen-bond donors (Lipinski definition) is 1. The fraction of sp³-hybridized carbons (Fsp3) is 0.923. The van der Waals surface area contributed by atoms with Crippen molar-refractivity contribution in [3.63, 3.8) is 0 Å². The maximum Gasteiger partial charge on any atom is 0.265 e. The van der Waals surface area contributed by atoms with E-state index in [9.17, 15) is 13.2 Å². The molecule has 0 aromatic carbocycles. The molecular formula is C13H26O4S. The summed E-state index contributed by atoms with van der Waals surface area (Å²) < 4.78 is 30.8. The lowest BCUT2D eigenvalue weighted by atomic mass is 9.72. The Balaban J connectivity index is 4.70. The van der Waals surface area contributed by atoms with Crippen LogP contribution in [0.25, 0.3) is 0 Å². The van der Waals surface area contributed by atoms with Crippen LogP contribution in [0.3, 0.4) is 0 Å². The van der Waals surface area contributed by atoms with Gasteiger partial charge in [-0.3, -0.25) is 9.35 Å². The van der Waals surface area contributed by atoms with Gasteiger partial charge in [0.2, 0.25) is 0 Å². The van der Waals surface area contributed by atoms with Crippen LogP contribution >= 0.6 is 0 Å². The van der Waals surface area contributed by atoms with Crippen LogP contribution in [0.5, 0.6) is 0 Å². The summed E-state index contributed by atoms with van der Waals surface area (Å²) in [7, 11) is -3.98. The van der Waals surface area contributed by atoms with E-state index in [1.165, 1.54) is 0 Å². The number of carbonyl (C=O) groups excluding carboxylic acids is 1. The number of Topliss-reactive ketones (excluding diaryl/α,β-unsaturated/α-hetero) is 1. The summed E-state index contributed by atoms with van der Waals surface area (Å²) in [6.07, 6.45) is 0.998. The van der Waals surface area contributed by atoms with Crippen LogP contribution in [0, 0.1) is 16.7 Å². The van der Waals surface area contributed by atoms with Gasteiger partial charge >= 0.3 is 0 Å². The molecule has 0 aliphatic carbocycles. The molecule has 0 aromatic heterocycles. The molecule has 0 unspecified atom stereocenters. The van der Waals surface area contributed by atoms with Crippen molar-refractivity contribution in [2.24, 2.45) is 16.7 Å². The van der Waals surface area contributed by atoms with Gasteiger partial charge in [-0.25, -0.2) is 0 Å². The largest absolute Gasteiger partial charge is 0.299 e. The number of ketones is 1. The van der Waals surface area contributed by atoms with Crippen LogP contribution in [0.4, 0.5) is 0 Å². The average Bonchev–Trinajstić information content (AvgIpc) is 1.93. The maximum absolute atomic E-state index is 11.8. The summed E-state index contributed by atoms with van der Waals surface area (Å²) >= 11 is 0. The van der Waals surface area contributed by atoms with Gasteiger partial charge in [0.05, 0.1) is 5.75 Å². The van der Waals surface area contributed by atoms with Crippen molar-refractivity contribution >= 4 is 15.9 Å². The van der Waals surface area contributed by atoms with Gasteiger partial charge in [0.1, 0.15) is 5.78 Å². The van der Waals surface area contributed by atoms with Gasteiger partial charge in [-0.05, 0) is 17.3 Å². The lowest BCUT2D eigenvalue weighted by Crippen LogP contribution is -2.31. The minimum Gasteiger partial charge on any atom is -0.299 e. The lowest BCUT2D eigenvalue weighted by molar-refractivity contribution is -0.124. The Bertz CT molecular complexity index is 391. The van der Waals surface area contributed by atoms with Crippen molar-refractivity contribution in [1.82, 2.24) is 0 Å². The molecule has 18 heavy (non-hydrogen) atoms. The molecule has 0 aliphatic heterocycles. The predicted molar refractivity (Wildman–Crippen MR) is 73.1 cm³/mol. The van der Waals surface area contributed by atoms with E-state index in [-0.39, 0.29) is 22.9 Å². The van der Waals surface area contributed by atoms with Crippen molar-refractivity contribution < 1.29 is 17.8 Å². The van der Waals surface area contributed by atoms with Gasteiger partial charge in [0, 0.05) is 12.3 Å². The lowest BCUT2D eigenvalue weighted by Gasteiger charge is -2.34. The molecule has 0 aromatic rings. The Kier molecular flexibility index (Phi) is 5.56. The van der Waals surface area contributed by atoms with Crippen molar-refractivity contribution in [2.45, 2.75) is 54.4 Å². The van der Waals surface area contributed by atoms with E-state index in [4.69, 9.17) is 4.55 Å². The number of rotatable bonds is 7. The molecule has 4 nitrogen and oxygen atoms in total. The van der Waals surface area contributed by atoms with E-state index < -0.39 is 15.5 Å². The molecule has 0 heterocycles. The molecule has 0 spiro atoms. The Morgan fingerprint density at radius 3 is 1.89 bits per heavy atom. The first kappa shape index (κ1) is 17.6. The SMILES string of the molecule is CC(C)C(=O)CC(C)(C)CC(C)(C)CS(=O)(=O)O. The highest BCUT2D eigenvalue weighted by Gasteiger charge is 2.33. The summed E-state index contributed by atoms with van der Waals surface area (Å²) in [5.41, 5.74) is -0.816. The van der Waals surface area contributed by atoms with Gasteiger partial charge < -0.3 is 0 Å². The Hall–Kier alpha value is -0.420. The minimum absolute atomic E-state index is 0.00559. The third kappa shape index (κ3) is 7.82. The molecule has 0 aliphatic rings. The summed E-state index contributed by atoms with van der Waals surface area (Å²) in [6, 6.07) is 0. The molecule has 0 amide bonds. The van der Waals surface area contributed by atoms with Crippen LogP contribution in [0.1, 0.15) is 54.4 Å². The first-order valence-electron chi connectivity index (χ1n) is 6.22. The summed E-state index contributed by atoms with van der Waals surface area (Å²) in [5, 5.41) is 0. The molecule has 0 saturated heterocycles. The van der Waals surface area contributed by atoms with Crippen LogP contribution in [-0.2, 0) is 14.9 Å². The molecule has 0 atom stereocenters. The van der Waals surface area contributed by atoms with Gasteiger partial charge in [-0.1, -0.05) is 41.5 Å². The topological polar surface area (TPSA) is 71.4 Å². The first-order valence-corrected chi connectivity index (χ1v) is 7.83. The summed E-state index contributed by atoms with van der Waals surface area (Å²) in [5.74, 6) is -0.101. The minimum atomic E-state index is -3.98. The molecule has 0 saturated carbocycles. The monoisotopic (exact) mass is 278 g/mol. The van der Waals surface area contributed by atoms with Crippen molar-refractivity contribution in [2.75, 3.05) is 5.75 Å². The van der Waals surface area contributed by atoms with Crippen LogP contribution in [0.2, 0.25) is 0 Å². The molecule has 5 heteroatoms. The maximum atomic E-state index is 11.8. The molecule has 0 bridgehead atoms. The highest BCUT2D eigenvalue weighted by atomic mass is 32.2. The van der Waals surface area contributed by atoms with Crippen molar-refractivity contribution in [3.05, 3.63) is 0 Å². The normalized spacial score (nSPS) is 14.0. The molecule has 1 N–H and O–H groups in total. The zero-order chi connectivity index (χ0) is 14.8. The third-order valence-corrected chi connectivity index (χ3v) is 3.97. The Labute approximate surface area is 111 Å². The molecular weight excluding hydrogens is 252 g/mol. The molecule has 0 rings (SSSR count). The van der Waals surface area contributed by atoms with E-state index in [2.05, 4.69) is 0 Å². The Morgan fingerprint density at radius 1 is 1.11 bits per heavy atom. The second-order valence-electron chi connectivity index (χ2n) is 7.03. The van der Waals surface area contributed by atoms with E-state index in [1.54, 1.807) is 13.8 Å². The summed E-state index contributed by atoms with van der Waals surface area (Å²) in [6.45, 7) is 11.2. The van der Waals surface area contributed by atoms with Gasteiger partial charge in [0.15, 0.2) is 0 Å².